The second-order valence-electron chi connectivity index (χ2n) is 4.26. The van der Waals surface area contributed by atoms with Gasteiger partial charge in [-0.2, -0.15) is 5.48 Å². The predicted molar refractivity (Wildman–Crippen MR) is 60.4 cm³/mol. The Kier molecular flexibility index (Phi) is 3.71. The Labute approximate surface area is 98.9 Å². The Hall–Kier alpha value is -1.46. The third kappa shape index (κ3) is 3.01. The molecule has 0 atom stereocenters. The van der Waals surface area contributed by atoms with Gasteiger partial charge in [0.25, 0.3) is 0 Å². The van der Waals surface area contributed by atoms with Crippen molar-refractivity contribution in [3.63, 3.8) is 0 Å². The van der Waals surface area contributed by atoms with Crippen LogP contribution in [0.25, 0.3) is 0 Å². The first-order chi connectivity index (χ1) is 8.16. The highest BCUT2D eigenvalue weighted by molar-refractivity contribution is 5.74. The van der Waals surface area contributed by atoms with Crippen molar-refractivity contribution >= 4 is 5.91 Å². The van der Waals surface area contributed by atoms with Gasteiger partial charge in [-0.25, -0.2) is 4.39 Å². The molecule has 4 nitrogen and oxygen atoms in total. The highest BCUT2D eigenvalue weighted by Gasteiger charge is 2.31. The van der Waals surface area contributed by atoms with E-state index in [0.717, 1.165) is 18.4 Å². The number of halogens is 1. The number of hydroxylamine groups is 1. The van der Waals surface area contributed by atoms with Crippen LogP contribution in [0.1, 0.15) is 24.3 Å². The van der Waals surface area contributed by atoms with Crippen LogP contribution in [0, 0.1) is 5.82 Å². The van der Waals surface area contributed by atoms with Crippen LogP contribution in [0.5, 0.6) is 0 Å². The average Bonchev–Trinajstić information content (AvgIpc) is 2.23. The van der Waals surface area contributed by atoms with Crippen LogP contribution in [-0.4, -0.2) is 18.6 Å². The van der Waals surface area contributed by atoms with E-state index in [1.165, 1.54) is 6.07 Å². The first-order valence-corrected chi connectivity index (χ1v) is 5.57. The summed E-state index contributed by atoms with van der Waals surface area (Å²) >= 11 is 0. The Morgan fingerprint density at radius 3 is 2.82 bits per heavy atom. The Morgan fingerprint density at radius 2 is 2.18 bits per heavy atom. The molecule has 0 saturated heterocycles. The van der Waals surface area contributed by atoms with Gasteiger partial charge in [0.1, 0.15) is 12.4 Å². The van der Waals surface area contributed by atoms with Crippen molar-refractivity contribution in [1.82, 2.24) is 5.48 Å². The van der Waals surface area contributed by atoms with Crippen LogP contribution in [0.15, 0.2) is 24.3 Å². The van der Waals surface area contributed by atoms with Gasteiger partial charge < -0.3 is 5.73 Å². The normalized spacial score (nSPS) is 23.1. The van der Waals surface area contributed by atoms with E-state index >= 15 is 0 Å². The fourth-order valence-electron chi connectivity index (χ4n) is 2.00. The van der Waals surface area contributed by atoms with Crippen LogP contribution < -0.4 is 11.2 Å². The lowest BCUT2D eigenvalue weighted by molar-refractivity contribution is -0.126. The van der Waals surface area contributed by atoms with Crippen molar-refractivity contribution in [2.75, 3.05) is 6.61 Å². The molecular weight excluding hydrogens is 223 g/mol. The number of amides is 1. The zero-order valence-corrected chi connectivity index (χ0v) is 9.36. The number of nitrogens with one attached hydrogen (secondary N) is 1. The first kappa shape index (κ1) is 12.0. The fourth-order valence-corrected chi connectivity index (χ4v) is 2.00. The van der Waals surface area contributed by atoms with Gasteiger partial charge in [-0.15, -0.1) is 0 Å². The van der Waals surface area contributed by atoms with Crippen molar-refractivity contribution in [3.05, 3.63) is 35.6 Å². The number of rotatable bonds is 5. The number of hydrogen-bond acceptors (Lipinski definition) is 3. The monoisotopic (exact) mass is 238 g/mol. The molecule has 2 rings (SSSR count). The molecule has 0 aliphatic heterocycles. The summed E-state index contributed by atoms with van der Waals surface area (Å²) in [4.78, 5) is 15.3. The standard InChI is InChI=1S/C12H15FN2O2/c13-11-4-2-1-3-10(11)8-5-9(6-8)15-17-7-12(14)16/h1-4,8-9,15H,5-7H2,(H2,14,16). The number of hydrogen-bond donors (Lipinski definition) is 2. The van der Waals surface area contributed by atoms with Crippen molar-refractivity contribution in [3.8, 4) is 0 Å². The minimum absolute atomic E-state index is 0.138. The molecule has 1 aliphatic rings. The summed E-state index contributed by atoms with van der Waals surface area (Å²) in [6.07, 6.45) is 1.61. The zero-order chi connectivity index (χ0) is 12.3. The van der Waals surface area contributed by atoms with E-state index in [-0.39, 0.29) is 24.4 Å². The van der Waals surface area contributed by atoms with Crippen LogP contribution in [-0.2, 0) is 9.63 Å². The summed E-state index contributed by atoms with van der Waals surface area (Å²) in [6, 6.07) is 6.96. The van der Waals surface area contributed by atoms with E-state index in [9.17, 15) is 9.18 Å². The molecule has 17 heavy (non-hydrogen) atoms. The van der Waals surface area contributed by atoms with Gasteiger partial charge in [0.15, 0.2) is 0 Å². The number of carbonyl (C=O) groups is 1. The molecule has 1 aromatic carbocycles. The summed E-state index contributed by atoms with van der Waals surface area (Å²) < 4.78 is 13.4. The highest BCUT2D eigenvalue weighted by Crippen LogP contribution is 2.37. The van der Waals surface area contributed by atoms with Gasteiger partial charge in [0.2, 0.25) is 5.91 Å². The molecular formula is C12H15FN2O2. The predicted octanol–water partition coefficient (Wildman–Crippen LogP) is 1.08. The molecule has 0 radical (unpaired) electrons. The molecule has 0 unspecified atom stereocenters. The molecule has 1 saturated carbocycles. The third-order valence-electron chi connectivity index (χ3n) is 2.95. The molecule has 3 N–H and O–H groups in total. The maximum atomic E-state index is 13.4. The van der Waals surface area contributed by atoms with Crippen molar-refractivity contribution in [2.24, 2.45) is 5.73 Å². The summed E-state index contributed by atoms with van der Waals surface area (Å²) in [5, 5.41) is 0. The van der Waals surface area contributed by atoms with Crippen molar-refractivity contribution in [1.29, 1.82) is 0 Å². The molecule has 5 heteroatoms. The van der Waals surface area contributed by atoms with E-state index in [2.05, 4.69) is 5.48 Å². The zero-order valence-electron chi connectivity index (χ0n) is 9.36. The van der Waals surface area contributed by atoms with Gasteiger partial charge in [0, 0.05) is 6.04 Å². The molecule has 1 aromatic rings. The maximum Gasteiger partial charge on any atom is 0.245 e. The topological polar surface area (TPSA) is 64.4 Å². The SMILES string of the molecule is NC(=O)CONC1CC(c2ccccc2F)C1. The van der Waals surface area contributed by atoms with E-state index in [4.69, 9.17) is 10.6 Å². The third-order valence-corrected chi connectivity index (χ3v) is 2.95. The summed E-state index contributed by atoms with van der Waals surface area (Å²) in [6.45, 7) is -0.138. The van der Waals surface area contributed by atoms with E-state index < -0.39 is 5.91 Å². The van der Waals surface area contributed by atoms with Crippen molar-refractivity contribution in [2.45, 2.75) is 24.8 Å². The molecule has 1 aliphatic carbocycles. The Balaban J connectivity index is 1.76. The first-order valence-electron chi connectivity index (χ1n) is 5.57. The lowest BCUT2D eigenvalue weighted by atomic mass is 9.76. The van der Waals surface area contributed by atoms with E-state index in [1.807, 2.05) is 6.07 Å². The fraction of sp³-hybridized carbons (Fsp3) is 0.417. The molecule has 1 amide bonds. The summed E-state index contributed by atoms with van der Waals surface area (Å²) in [5.74, 6) is -0.442. The molecule has 0 bridgehead atoms. The van der Waals surface area contributed by atoms with Crippen LogP contribution in [0.2, 0.25) is 0 Å². The molecule has 0 heterocycles. The van der Waals surface area contributed by atoms with Gasteiger partial charge >= 0.3 is 0 Å². The summed E-state index contributed by atoms with van der Waals surface area (Å²) in [5.41, 5.74) is 8.42. The second kappa shape index (κ2) is 5.25. The minimum atomic E-state index is -0.512. The average molecular weight is 238 g/mol. The van der Waals surface area contributed by atoms with Crippen molar-refractivity contribution < 1.29 is 14.0 Å². The number of carbonyl (C=O) groups excluding carboxylic acids is 1. The smallest absolute Gasteiger partial charge is 0.245 e. The second-order valence-corrected chi connectivity index (χ2v) is 4.26. The van der Waals surface area contributed by atoms with Gasteiger partial charge in [0.05, 0.1) is 0 Å². The molecule has 1 fully saturated rings. The minimum Gasteiger partial charge on any atom is -0.368 e. The molecule has 0 aromatic heterocycles. The number of primary amides is 1. The number of benzene rings is 1. The van der Waals surface area contributed by atoms with Gasteiger partial charge in [-0.3, -0.25) is 9.63 Å². The van der Waals surface area contributed by atoms with Crippen LogP contribution >= 0.6 is 0 Å². The lowest BCUT2D eigenvalue weighted by Gasteiger charge is -2.35. The van der Waals surface area contributed by atoms with E-state index in [0.29, 0.717) is 0 Å². The Bertz CT molecular complexity index is 405. The van der Waals surface area contributed by atoms with Gasteiger partial charge in [-0.1, -0.05) is 18.2 Å². The number of nitrogens with two attached hydrogens (primary N) is 1. The van der Waals surface area contributed by atoms with Crippen LogP contribution in [0.3, 0.4) is 0 Å². The molecule has 92 valence electrons. The molecule has 0 spiro atoms. The maximum absolute atomic E-state index is 13.4. The van der Waals surface area contributed by atoms with Crippen LogP contribution in [0.4, 0.5) is 4.39 Å². The lowest BCUT2D eigenvalue weighted by Crippen LogP contribution is -2.41. The van der Waals surface area contributed by atoms with E-state index in [1.54, 1.807) is 12.1 Å². The van der Waals surface area contributed by atoms with Gasteiger partial charge in [-0.05, 0) is 30.4 Å². The highest BCUT2D eigenvalue weighted by atomic mass is 19.1. The largest absolute Gasteiger partial charge is 0.368 e. The summed E-state index contributed by atoms with van der Waals surface area (Å²) in [7, 11) is 0. The Morgan fingerprint density at radius 1 is 1.47 bits per heavy atom. The quantitative estimate of drug-likeness (QED) is 0.754.